The zero-order chi connectivity index (χ0) is 14.0. The average molecular weight is 327 g/mol. The second-order valence-corrected chi connectivity index (χ2v) is 6.57. The molecule has 106 valence electrons. The second-order valence-electron chi connectivity index (χ2n) is 5.66. The van der Waals surface area contributed by atoms with Crippen LogP contribution in [0, 0.1) is 5.92 Å². The smallest absolute Gasteiger partial charge is 0.123 e. The fourth-order valence-electron chi connectivity index (χ4n) is 2.96. The van der Waals surface area contributed by atoms with Gasteiger partial charge in [-0.1, -0.05) is 22.9 Å². The molecule has 0 saturated carbocycles. The van der Waals surface area contributed by atoms with Crippen molar-refractivity contribution in [3.8, 4) is 5.75 Å². The molecule has 2 atom stereocenters. The highest BCUT2D eigenvalue weighted by atomic mass is 79.9. The van der Waals surface area contributed by atoms with Gasteiger partial charge in [0, 0.05) is 35.7 Å². The molecule has 1 heterocycles. The molecule has 1 saturated heterocycles. The van der Waals surface area contributed by atoms with Gasteiger partial charge in [-0.15, -0.1) is 0 Å². The first-order chi connectivity index (χ1) is 9.01. The molecule has 1 fully saturated rings. The van der Waals surface area contributed by atoms with Gasteiger partial charge < -0.3 is 9.64 Å². The van der Waals surface area contributed by atoms with Gasteiger partial charge >= 0.3 is 0 Å². The quantitative estimate of drug-likeness (QED) is 0.846. The molecular weight excluding hydrogens is 304 g/mol. The standard InChI is InChI=1S/C15H23BrN2O/c1-11-8-18(10-14(11)17(2)3)9-12-7-13(16)5-6-15(12)19-4/h5-7,11,14H,8-10H2,1-4H3. The lowest BCUT2D eigenvalue weighted by atomic mass is 10.1. The summed E-state index contributed by atoms with van der Waals surface area (Å²) in [7, 11) is 6.08. The minimum Gasteiger partial charge on any atom is -0.496 e. The van der Waals surface area contributed by atoms with E-state index in [4.69, 9.17) is 4.74 Å². The molecule has 0 N–H and O–H groups in total. The summed E-state index contributed by atoms with van der Waals surface area (Å²) in [5.74, 6) is 1.69. The molecule has 19 heavy (non-hydrogen) atoms. The topological polar surface area (TPSA) is 15.7 Å². The molecule has 3 nitrogen and oxygen atoms in total. The van der Waals surface area contributed by atoms with E-state index in [1.807, 2.05) is 12.1 Å². The third-order valence-corrected chi connectivity index (χ3v) is 4.44. The van der Waals surface area contributed by atoms with E-state index in [2.05, 4.69) is 52.8 Å². The van der Waals surface area contributed by atoms with Crippen molar-refractivity contribution in [3.05, 3.63) is 28.2 Å². The largest absolute Gasteiger partial charge is 0.496 e. The Morgan fingerprint density at radius 2 is 2.11 bits per heavy atom. The molecule has 1 aromatic carbocycles. The van der Waals surface area contributed by atoms with Crippen LogP contribution in [0.4, 0.5) is 0 Å². The number of rotatable bonds is 4. The Kier molecular flexibility index (Phi) is 4.87. The normalized spacial score (nSPS) is 24.1. The van der Waals surface area contributed by atoms with Crippen molar-refractivity contribution in [2.45, 2.75) is 19.5 Å². The summed E-state index contributed by atoms with van der Waals surface area (Å²) >= 11 is 3.54. The van der Waals surface area contributed by atoms with Gasteiger partial charge in [0.15, 0.2) is 0 Å². The lowest BCUT2D eigenvalue weighted by Crippen LogP contribution is -2.34. The van der Waals surface area contributed by atoms with Crippen LogP contribution >= 0.6 is 15.9 Å². The van der Waals surface area contributed by atoms with Gasteiger partial charge in [-0.05, 0) is 38.2 Å². The highest BCUT2D eigenvalue weighted by Crippen LogP contribution is 2.27. The summed E-state index contributed by atoms with van der Waals surface area (Å²) in [5.41, 5.74) is 1.25. The Hall–Kier alpha value is -0.580. The Bertz CT molecular complexity index is 436. The molecule has 0 aliphatic carbocycles. The fraction of sp³-hybridized carbons (Fsp3) is 0.600. The van der Waals surface area contributed by atoms with Crippen molar-refractivity contribution in [1.29, 1.82) is 0 Å². The average Bonchev–Trinajstić information content (AvgIpc) is 2.71. The molecule has 4 heteroatoms. The first kappa shape index (κ1) is 14.8. The number of likely N-dealkylation sites (tertiary alicyclic amines) is 1. The van der Waals surface area contributed by atoms with Gasteiger partial charge in [0.25, 0.3) is 0 Å². The van der Waals surface area contributed by atoms with Crippen LogP contribution in [0.5, 0.6) is 5.75 Å². The van der Waals surface area contributed by atoms with Crippen LogP contribution < -0.4 is 4.74 Å². The molecule has 2 unspecified atom stereocenters. The zero-order valence-corrected chi connectivity index (χ0v) is 13.8. The predicted molar refractivity (Wildman–Crippen MR) is 82.6 cm³/mol. The maximum Gasteiger partial charge on any atom is 0.123 e. The number of hydrogen-bond donors (Lipinski definition) is 0. The molecule has 1 aromatic rings. The number of hydrogen-bond acceptors (Lipinski definition) is 3. The summed E-state index contributed by atoms with van der Waals surface area (Å²) in [6.07, 6.45) is 0. The van der Waals surface area contributed by atoms with Crippen molar-refractivity contribution >= 4 is 15.9 Å². The minimum atomic E-state index is 0.651. The van der Waals surface area contributed by atoms with E-state index in [0.717, 1.165) is 29.9 Å². The highest BCUT2D eigenvalue weighted by Gasteiger charge is 2.31. The number of halogens is 1. The van der Waals surface area contributed by atoms with Crippen LogP contribution in [-0.2, 0) is 6.54 Å². The Morgan fingerprint density at radius 3 is 2.68 bits per heavy atom. The van der Waals surface area contributed by atoms with Crippen molar-refractivity contribution < 1.29 is 4.74 Å². The van der Waals surface area contributed by atoms with Gasteiger partial charge in [-0.25, -0.2) is 0 Å². The third kappa shape index (κ3) is 3.50. The van der Waals surface area contributed by atoms with Crippen LogP contribution in [0.2, 0.25) is 0 Å². The van der Waals surface area contributed by atoms with E-state index in [9.17, 15) is 0 Å². The second kappa shape index (κ2) is 6.25. The maximum atomic E-state index is 5.45. The third-order valence-electron chi connectivity index (χ3n) is 3.95. The molecule has 0 spiro atoms. The highest BCUT2D eigenvalue weighted by molar-refractivity contribution is 9.10. The molecule has 0 amide bonds. The fourth-order valence-corrected chi connectivity index (χ4v) is 3.37. The summed E-state index contributed by atoms with van der Waals surface area (Å²) in [6, 6.07) is 6.87. The van der Waals surface area contributed by atoms with Crippen molar-refractivity contribution in [2.24, 2.45) is 5.92 Å². The molecule has 0 radical (unpaired) electrons. The zero-order valence-electron chi connectivity index (χ0n) is 12.2. The van der Waals surface area contributed by atoms with Crippen LogP contribution in [0.25, 0.3) is 0 Å². The number of benzene rings is 1. The van der Waals surface area contributed by atoms with E-state index < -0.39 is 0 Å². The molecular formula is C15H23BrN2O. The minimum absolute atomic E-state index is 0.651. The molecule has 2 rings (SSSR count). The first-order valence-corrected chi connectivity index (χ1v) is 7.51. The van der Waals surface area contributed by atoms with E-state index in [1.54, 1.807) is 7.11 Å². The molecule has 0 aromatic heterocycles. The van der Waals surface area contributed by atoms with Crippen LogP contribution in [0.15, 0.2) is 22.7 Å². The Morgan fingerprint density at radius 1 is 1.37 bits per heavy atom. The van der Waals surface area contributed by atoms with E-state index >= 15 is 0 Å². The lowest BCUT2D eigenvalue weighted by Gasteiger charge is -2.22. The van der Waals surface area contributed by atoms with Gasteiger partial charge in [-0.3, -0.25) is 4.90 Å². The van der Waals surface area contributed by atoms with Crippen LogP contribution in [0.1, 0.15) is 12.5 Å². The van der Waals surface area contributed by atoms with Gasteiger partial charge in [0.2, 0.25) is 0 Å². The SMILES string of the molecule is COc1ccc(Br)cc1CN1CC(C)C(N(C)C)C1. The van der Waals surface area contributed by atoms with Crippen LogP contribution in [-0.4, -0.2) is 50.1 Å². The summed E-state index contributed by atoms with van der Waals surface area (Å²) in [6.45, 7) is 5.57. The molecule has 0 bridgehead atoms. The summed E-state index contributed by atoms with van der Waals surface area (Å²) < 4.78 is 6.56. The monoisotopic (exact) mass is 326 g/mol. The van der Waals surface area contributed by atoms with Crippen LogP contribution in [0.3, 0.4) is 0 Å². The van der Waals surface area contributed by atoms with Gasteiger partial charge in [0.05, 0.1) is 7.11 Å². The Balaban J connectivity index is 2.08. The Labute approximate surface area is 124 Å². The van der Waals surface area contributed by atoms with Crippen molar-refractivity contribution in [3.63, 3.8) is 0 Å². The van der Waals surface area contributed by atoms with Gasteiger partial charge in [-0.2, -0.15) is 0 Å². The first-order valence-electron chi connectivity index (χ1n) is 6.72. The number of nitrogens with zero attached hydrogens (tertiary/aromatic N) is 2. The summed E-state index contributed by atoms with van der Waals surface area (Å²) in [4.78, 5) is 4.85. The van der Waals surface area contributed by atoms with E-state index in [1.165, 1.54) is 5.56 Å². The number of methoxy groups -OCH3 is 1. The van der Waals surface area contributed by atoms with Crippen molar-refractivity contribution in [1.82, 2.24) is 9.80 Å². The van der Waals surface area contributed by atoms with E-state index in [-0.39, 0.29) is 0 Å². The molecule has 1 aliphatic rings. The van der Waals surface area contributed by atoms with Crippen molar-refractivity contribution in [2.75, 3.05) is 34.3 Å². The molecule has 1 aliphatic heterocycles. The summed E-state index contributed by atoms with van der Waals surface area (Å²) in [5, 5.41) is 0. The maximum absolute atomic E-state index is 5.45. The predicted octanol–water partition coefficient (Wildman–Crippen LogP) is 2.84. The van der Waals surface area contributed by atoms with Gasteiger partial charge in [0.1, 0.15) is 5.75 Å². The number of ether oxygens (including phenoxy) is 1. The number of likely N-dealkylation sites (N-methyl/N-ethyl adjacent to an activating group) is 1. The van der Waals surface area contributed by atoms with E-state index in [0.29, 0.717) is 12.0 Å². The lowest BCUT2D eigenvalue weighted by molar-refractivity contribution is 0.249.